The van der Waals surface area contributed by atoms with Gasteiger partial charge >= 0.3 is 0 Å². The molecule has 1 aliphatic heterocycles. The molecule has 3 aliphatic rings. The van der Waals surface area contributed by atoms with E-state index >= 15 is 0 Å². The van der Waals surface area contributed by atoms with Crippen LogP contribution >= 0.6 is 21.6 Å². The highest BCUT2D eigenvalue weighted by Crippen LogP contribution is 2.60. The van der Waals surface area contributed by atoms with Crippen LogP contribution in [0.4, 0.5) is 0 Å². The van der Waals surface area contributed by atoms with E-state index in [9.17, 15) is 4.21 Å². The molecular weight excluding hydrogens is 196 g/mol. The van der Waals surface area contributed by atoms with Crippen LogP contribution in [0, 0.1) is 11.8 Å². The van der Waals surface area contributed by atoms with E-state index in [2.05, 4.69) is 0 Å². The Balaban J connectivity index is 1.92. The number of hydrogen-bond acceptors (Lipinski definition) is 3. The van der Waals surface area contributed by atoms with Crippen LogP contribution in [0.25, 0.3) is 0 Å². The Labute approximate surface area is 76.3 Å². The molecule has 2 aliphatic carbocycles. The summed E-state index contributed by atoms with van der Waals surface area (Å²) in [6.07, 6.45) is 4.26. The fourth-order valence-corrected chi connectivity index (χ4v) is 10.2. The summed E-state index contributed by atoms with van der Waals surface area (Å²) < 4.78 is 11.2. The van der Waals surface area contributed by atoms with Crippen LogP contribution in [-0.4, -0.2) is 14.7 Å². The van der Waals surface area contributed by atoms with E-state index in [-0.39, 0.29) is 0 Å². The van der Waals surface area contributed by atoms with Gasteiger partial charge in [-0.05, 0) is 52.7 Å². The van der Waals surface area contributed by atoms with Gasteiger partial charge in [0.05, 0.1) is 0 Å². The Morgan fingerprint density at radius 1 is 1.09 bits per heavy atom. The van der Waals surface area contributed by atoms with Crippen molar-refractivity contribution in [3.63, 3.8) is 0 Å². The molecule has 11 heavy (non-hydrogen) atoms. The molecule has 2 saturated carbocycles. The molecule has 1 saturated heterocycles. The standard InChI is InChI=1S/C7H10OS3/c8-11-9-6-4-1-2-5(3-4)7(6)10-11/h4-7H,1-3H2/t4-,5+,6+,7-,11?. The smallest absolute Gasteiger partial charge is 0.141 e. The first kappa shape index (κ1) is 7.27. The fourth-order valence-electron chi connectivity index (χ4n) is 2.66. The maximum Gasteiger partial charge on any atom is 0.141 e. The first-order valence-electron chi connectivity index (χ1n) is 4.10. The van der Waals surface area contributed by atoms with Crippen molar-refractivity contribution >= 4 is 30.5 Å². The highest BCUT2D eigenvalue weighted by molar-refractivity contribution is 9.03. The molecule has 3 fully saturated rings. The molecule has 4 heteroatoms. The van der Waals surface area contributed by atoms with Gasteiger partial charge in [0.2, 0.25) is 0 Å². The van der Waals surface area contributed by atoms with Crippen LogP contribution in [0.1, 0.15) is 19.3 Å². The SMILES string of the molecule is O=S1S[C@@H]2[C@H]3CC[C@H](C3)[C@@H]2S1. The highest BCUT2D eigenvalue weighted by atomic mass is 33.5. The van der Waals surface area contributed by atoms with Crippen molar-refractivity contribution < 1.29 is 4.21 Å². The van der Waals surface area contributed by atoms with Crippen molar-refractivity contribution in [2.24, 2.45) is 11.8 Å². The maximum atomic E-state index is 11.2. The lowest BCUT2D eigenvalue weighted by Gasteiger charge is -2.20. The molecule has 5 atom stereocenters. The van der Waals surface area contributed by atoms with Crippen LogP contribution in [0.2, 0.25) is 0 Å². The lowest BCUT2D eigenvalue weighted by Crippen LogP contribution is -2.22. The molecule has 3 rings (SSSR count). The van der Waals surface area contributed by atoms with Crippen LogP contribution in [0.5, 0.6) is 0 Å². The van der Waals surface area contributed by atoms with Crippen molar-refractivity contribution in [3.05, 3.63) is 0 Å². The summed E-state index contributed by atoms with van der Waals surface area (Å²) in [5, 5.41) is 1.53. The molecule has 0 N–H and O–H groups in total. The van der Waals surface area contributed by atoms with Gasteiger partial charge in [0.15, 0.2) is 0 Å². The molecule has 0 aromatic carbocycles. The second-order valence-electron chi connectivity index (χ2n) is 3.66. The van der Waals surface area contributed by atoms with Crippen LogP contribution < -0.4 is 0 Å². The molecule has 0 aromatic heterocycles. The summed E-state index contributed by atoms with van der Waals surface area (Å²) in [7, 11) is 2.87. The molecule has 0 radical (unpaired) electrons. The van der Waals surface area contributed by atoms with E-state index in [0.29, 0.717) is 0 Å². The minimum absolute atomic E-state index is 0.600. The zero-order valence-corrected chi connectivity index (χ0v) is 8.51. The van der Waals surface area contributed by atoms with Gasteiger partial charge in [0.25, 0.3) is 0 Å². The Morgan fingerprint density at radius 2 is 1.64 bits per heavy atom. The second kappa shape index (κ2) is 2.42. The van der Waals surface area contributed by atoms with Crippen molar-refractivity contribution in [2.75, 3.05) is 0 Å². The Morgan fingerprint density at radius 3 is 2.18 bits per heavy atom. The Hall–Kier alpha value is 0.850. The topological polar surface area (TPSA) is 17.1 Å². The van der Waals surface area contributed by atoms with E-state index in [4.69, 9.17) is 0 Å². The van der Waals surface area contributed by atoms with E-state index < -0.39 is 8.86 Å². The summed E-state index contributed by atoms with van der Waals surface area (Å²) in [6, 6.07) is 0. The van der Waals surface area contributed by atoms with Gasteiger partial charge in [-0.15, -0.1) is 0 Å². The third kappa shape index (κ3) is 0.954. The fraction of sp³-hybridized carbons (Fsp3) is 1.00. The van der Waals surface area contributed by atoms with Crippen molar-refractivity contribution in [3.8, 4) is 0 Å². The first-order chi connectivity index (χ1) is 5.34. The summed E-state index contributed by atoms with van der Waals surface area (Å²) in [5.74, 6) is 1.85. The number of fused-ring (bicyclic) bond motifs is 5. The van der Waals surface area contributed by atoms with Crippen LogP contribution in [0.3, 0.4) is 0 Å². The molecule has 0 spiro atoms. The van der Waals surface area contributed by atoms with Crippen molar-refractivity contribution in [1.29, 1.82) is 0 Å². The first-order valence-corrected chi connectivity index (χ1v) is 8.05. The third-order valence-electron chi connectivity index (χ3n) is 3.15. The van der Waals surface area contributed by atoms with E-state index in [1.807, 2.05) is 0 Å². The summed E-state index contributed by atoms with van der Waals surface area (Å²) in [4.78, 5) is 0. The van der Waals surface area contributed by atoms with Gasteiger partial charge in [0, 0.05) is 10.5 Å². The maximum absolute atomic E-state index is 11.2. The van der Waals surface area contributed by atoms with Crippen LogP contribution in [-0.2, 0) is 8.86 Å². The lowest BCUT2D eigenvalue weighted by molar-refractivity contribution is 0.508. The van der Waals surface area contributed by atoms with Gasteiger partial charge in [-0.2, -0.15) is 0 Å². The van der Waals surface area contributed by atoms with Crippen LogP contribution in [0.15, 0.2) is 0 Å². The zero-order chi connectivity index (χ0) is 7.42. The molecule has 1 heterocycles. The normalized spacial score (nSPS) is 60.2. The summed E-state index contributed by atoms with van der Waals surface area (Å²) >= 11 is 0. The van der Waals surface area contributed by atoms with Gasteiger partial charge in [-0.25, -0.2) is 4.21 Å². The second-order valence-corrected chi connectivity index (χ2v) is 9.15. The van der Waals surface area contributed by atoms with E-state index in [1.54, 1.807) is 21.6 Å². The largest absolute Gasteiger partial charge is 0.236 e. The minimum atomic E-state index is -0.600. The summed E-state index contributed by atoms with van der Waals surface area (Å²) in [6.45, 7) is 0. The lowest BCUT2D eigenvalue weighted by atomic mass is 10.00. The molecule has 0 aromatic rings. The highest BCUT2D eigenvalue weighted by Gasteiger charge is 2.53. The van der Waals surface area contributed by atoms with Crippen molar-refractivity contribution in [2.45, 2.75) is 29.8 Å². The van der Waals surface area contributed by atoms with Crippen molar-refractivity contribution in [1.82, 2.24) is 0 Å². The molecule has 0 amide bonds. The van der Waals surface area contributed by atoms with E-state index in [0.717, 1.165) is 22.3 Å². The van der Waals surface area contributed by atoms with E-state index in [1.165, 1.54) is 19.3 Å². The minimum Gasteiger partial charge on any atom is -0.236 e. The van der Waals surface area contributed by atoms with Gasteiger partial charge in [-0.3, -0.25) is 0 Å². The molecular formula is C7H10OS3. The van der Waals surface area contributed by atoms with Gasteiger partial charge < -0.3 is 0 Å². The average molecular weight is 206 g/mol. The Bertz CT molecular complexity index is 198. The average Bonchev–Trinajstić information content (AvgIpc) is 2.53. The molecule has 62 valence electrons. The van der Waals surface area contributed by atoms with Gasteiger partial charge in [-0.1, -0.05) is 0 Å². The third-order valence-corrected chi connectivity index (χ3v) is 9.12. The Kier molecular flexibility index (Phi) is 1.60. The number of hydrogen-bond donors (Lipinski definition) is 0. The molecule has 1 nitrogen and oxygen atoms in total. The predicted octanol–water partition coefficient (Wildman–Crippen LogP) is 2.21. The summed E-state index contributed by atoms with van der Waals surface area (Å²) in [5.41, 5.74) is 0. The van der Waals surface area contributed by atoms with Gasteiger partial charge in [0.1, 0.15) is 8.86 Å². The zero-order valence-electron chi connectivity index (χ0n) is 6.06. The predicted molar refractivity (Wildman–Crippen MR) is 51.7 cm³/mol. The monoisotopic (exact) mass is 206 g/mol. The molecule has 2 bridgehead atoms. The molecule has 1 unspecified atom stereocenters. The number of rotatable bonds is 0. The quantitative estimate of drug-likeness (QED) is 0.566.